The van der Waals surface area contributed by atoms with Crippen LogP contribution in [0.5, 0.6) is 0 Å². The molecule has 0 aliphatic carbocycles. The van der Waals surface area contributed by atoms with E-state index in [2.05, 4.69) is 17.1 Å². The van der Waals surface area contributed by atoms with E-state index >= 15 is 0 Å². The lowest BCUT2D eigenvalue weighted by Crippen LogP contribution is -2.39. The van der Waals surface area contributed by atoms with Crippen molar-refractivity contribution in [1.82, 2.24) is 10.2 Å². The quantitative estimate of drug-likeness (QED) is 0.804. The Morgan fingerprint density at radius 2 is 2.25 bits per heavy atom. The van der Waals surface area contributed by atoms with Crippen LogP contribution in [-0.4, -0.2) is 37.0 Å². The number of hydrogen-bond donors (Lipinski definition) is 1. The van der Waals surface area contributed by atoms with Crippen molar-refractivity contribution in [3.63, 3.8) is 0 Å². The Hall–Kier alpha value is -0.280. The summed E-state index contributed by atoms with van der Waals surface area (Å²) < 4.78 is 0. The Bertz CT molecular complexity index is 229. The number of halogens is 1. The Labute approximate surface area is 104 Å². The van der Waals surface area contributed by atoms with Crippen LogP contribution >= 0.6 is 12.4 Å². The van der Waals surface area contributed by atoms with Crippen LogP contribution in [0.2, 0.25) is 0 Å². The Balaban J connectivity index is 0.00000128. The van der Waals surface area contributed by atoms with Crippen LogP contribution in [0.1, 0.15) is 32.6 Å². The van der Waals surface area contributed by atoms with Crippen LogP contribution in [0, 0.1) is 11.8 Å². The normalized spacial score (nSPS) is 29.9. The van der Waals surface area contributed by atoms with Gasteiger partial charge in [0.25, 0.3) is 0 Å². The molecule has 2 aliphatic rings. The van der Waals surface area contributed by atoms with Gasteiger partial charge < -0.3 is 10.2 Å². The average molecular weight is 247 g/mol. The number of hydrogen-bond acceptors (Lipinski definition) is 2. The van der Waals surface area contributed by atoms with E-state index in [1.165, 1.54) is 19.3 Å². The van der Waals surface area contributed by atoms with Gasteiger partial charge in [0.15, 0.2) is 0 Å². The van der Waals surface area contributed by atoms with Gasteiger partial charge in [-0.3, -0.25) is 4.79 Å². The Morgan fingerprint density at radius 3 is 2.88 bits per heavy atom. The minimum Gasteiger partial charge on any atom is -0.342 e. The number of carbonyl (C=O) groups excluding carboxylic acids is 1. The molecule has 16 heavy (non-hydrogen) atoms. The summed E-state index contributed by atoms with van der Waals surface area (Å²) in [7, 11) is 0. The van der Waals surface area contributed by atoms with E-state index in [-0.39, 0.29) is 12.4 Å². The van der Waals surface area contributed by atoms with E-state index in [0.717, 1.165) is 32.6 Å². The molecule has 0 bridgehead atoms. The van der Waals surface area contributed by atoms with Crippen molar-refractivity contribution in [3.05, 3.63) is 0 Å². The second-order valence-corrected chi connectivity index (χ2v) is 5.15. The van der Waals surface area contributed by atoms with Gasteiger partial charge in [-0.1, -0.05) is 6.92 Å². The maximum absolute atomic E-state index is 12.0. The second kappa shape index (κ2) is 6.45. The van der Waals surface area contributed by atoms with E-state index in [4.69, 9.17) is 0 Å². The molecule has 2 atom stereocenters. The van der Waals surface area contributed by atoms with E-state index in [1.54, 1.807) is 0 Å². The molecule has 1 N–H and O–H groups in total. The molecule has 94 valence electrons. The largest absolute Gasteiger partial charge is 0.342 e. The zero-order valence-electron chi connectivity index (χ0n) is 10.1. The molecule has 2 saturated heterocycles. The van der Waals surface area contributed by atoms with Gasteiger partial charge in [-0.05, 0) is 44.2 Å². The first kappa shape index (κ1) is 13.8. The molecule has 0 radical (unpaired) electrons. The highest BCUT2D eigenvalue weighted by molar-refractivity contribution is 5.85. The molecule has 0 saturated carbocycles. The summed E-state index contributed by atoms with van der Waals surface area (Å²) in [5, 5.41) is 3.32. The van der Waals surface area contributed by atoms with Crippen LogP contribution < -0.4 is 5.32 Å². The van der Waals surface area contributed by atoms with E-state index in [1.807, 2.05) is 0 Å². The summed E-state index contributed by atoms with van der Waals surface area (Å²) >= 11 is 0. The summed E-state index contributed by atoms with van der Waals surface area (Å²) in [5.74, 6) is 1.68. The molecule has 0 aromatic heterocycles. The lowest BCUT2D eigenvalue weighted by atomic mass is 9.98. The zero-order valence-corrected chi connectivity index (χ0v) is 10.9. The van der Waals surface area contributed by atoms with Crippen molar-refractivity contribution in [1.29, 1.82) is 0 Å². The maximum atomic E-state index is 12.0. The van der Waals surface area contributed by atoms with Gasteiger partial charge in [0, 0.05) is 19.5 Å². The van der Waals surface area contributed by atoms with Crippen LogP contribution in [0.4, 0.5) is 0 Å². The Kier molecular flexibility index (Phi) is 5.56. The molecular formula is C12H23ClN2O. The number of amides is 1. The fourth-order valence-corrected chi connectivity index (χ4v) is 2.68. The standard InChI is InChI=1S/C12H22N2O.ClH/c1-10-3-2-6-14(9-10)12(15)7-11-4-5-13-8-11;/h10-11,13H,2-9H2,1H3;1H. The molecule has 0 spiro atoms. The number of likely N-dealkylation sites (tertiary alicyclic amines) is 1. The van der Waals surface area contributed by atoms with E-state index < -0.39 is 0 Å². The second-order valence-electron chi connectivity index (χ2n) is 5.15. The van der Waals surface area contributed by atoms with Crippen molar-refractivity contribution < 1.29 is 4.79 Å². The summed E-state index contributed by atoms with van der Waals surface area (Å²) in [4.78, 5) is 14.1. The van der Waals surface area contributed by atoms with Crippen molar-refractivity contribution >= 4 is 18.3 Å². The van der Waals surface area contributed by atoms with Gasteiger partial charge in [-0.15, -0.1) is 12.4 Å². The van der Waals surface area contributed by atoms with Gasteiger partial charge in [-0.25, -0.2) is 0 Å². The van der Waals surface area contributed by atoms with E-state index in [0.29, 0.717) is 17.7 Å². The molecule has 2 rings (SSSR count). The summed E-state index contributed by atoms with van der Waals surface area (Å²) in [6.07, 6.45) is 4.42. The van der Waals surface area contributed by atoms with Crippen molar-refractivity contribution in [2.24, 2.45) is 11.8 Å². The molecule has 2 heterocycles. The number of rotatable bonds is 2. The first-order chi connectivity index (χ1) is 7.25. The maximum Gasteiger partial charge on any atom is 0.222 e. The van der Waals surface area contributed by atoms with Gasteiger partial charge >= 0.3 is 0 Å². The molecule has 4 heteroatoms. The number of carbonyl (C=O) groups is 1. The summed E-state index contributed by atoms with van der Waals surface area (Å²) in [5.41, 5.74) is 0. The molecule has 2 fully saturated rings. The highest BCUT2D eigenvalue weighted by Crippen LogP contribution is 2.19. The van der Waals surface area contributed by atoms with Crippen LogP contribution in [0.25, 0.3) is 0 Å². The van der Waals surface area contributed by atoms with Gasteiger partial charge in [0.05, 0.1) is 0 Å². The smallest absolute Gasteiger partial charge is 0.222 e. The van der Waals surface area contributed by atoms with Gasteiger partial charge in [-0.2, -0.15) is 0 Å². The zero-order chi connectivity index (χ0) is 10.7. The van der Waals surface area contributed by atoms with Gasteiger partial charge in [0.1, 0.15) is 0 Å². The van der Waals surface area contributed by atoms with Gasteiger partial charge in [0.2, 0.25) is 5.91 Å². The topological polar surface area (TPSA) is 32.3 Å². The lowest BCUT2D eigenvalue weighted by molar-refractivity contribution is -0.133. The first-order valence-electron chi connectivity index (χ1n) is 6.24. The SMILES string of the molecule is CC1CCCN(C(=O)CC2CCNC2)C1.Cl. The van der Waals surface area contributed by atoms with Crippen LogP contribution in [0.3, 0.4) is 0 Å². The molecule has 2 aliphatic heterocycles. The number of piperidine rings is 1. The molecule has 0 aromatic rings. The van der Waals surface area contributed by atoms with E-state index in [9.17, 15) is 4.79 Å². The Morgan fingerprint density at radius 1 is 1.44 bits per heavy atom. The molecular weight excluding hydrogens is 224 g/mol. The minimum atomic E-state index is 0. The summed E-state index contributed by atoms with van der Waals surface area (Å²) in [6, 6.07) is 0. The minimum absolute atomic E-state index is 0. The number of nitrogens with one attached hydrogen (secondary N) is 1. The first-order valence-corrected chi connectivity index (χ1v) is 6.24. The molecule has 1 amide bonds. The lowest BCUT2D eigenvalue weighted by Gasteiger charge is -2.31. The predicted octanol–water partition coefficient (Wildman–Crippen LogP) is 1.67. The fraction of sp³-hybridized carbons (Fsp3) is 0.917. The van der Waals surface area contributed by atoms with Crippen molar-refractivity contribution in [3.8, 4) is 0 Å². The monoisotopic (exact) mass is 246 g/mol. The van der Waals surface area contributed by atoms with Crippen LogP contribution in [-0.2, 0) is 4.79 Å². The fourth-order valence-electron chi connectivity index (χ4n) is 2.68. The third-order valence-electron chi connectivity index (χ3n) is 3.64. The highest BCUT2D eigenvalue weighted by atomic mass is 35.5. The molecule has 0 aromatic carbocycles. The third-order valence-corrected chi connectivity index (χ3v) is 3.64. The molecule has 2 unspecified atom stereocenters. The third kappa shape index (κ3) is 3.63. The van der Waals surface area contributed by atoms with Crippen LogP contribution in [0.15, 0.2) is 0 Å². The average Bonchev–Trinajstić information content (AvgIpc) is 2.70. The molecule has 3 nitrogen and oxygen atoms in total. The van der Waals surface area contributed by atoms with Crippen molar-refractivity contribution in [2.45, 2.75) is 32.6 Å². The van der Waals surface area contributed by atoms with Crippen molar-refractivity contribution in [2.75, 3.05) is 26.2 Å². The highest BCUT2D eigenvalue weighted by Gasteiger charge is 2.24. The summed E-state index contributed by atoms with van der Waals surface area (Å²) in [6.45, 7) is 6.35. The predicted molar refractivity (Wildman–Crippen MR) is 67.8 cm³/mol. The number of nitrogens with zero attached hydrogens (tertiary/aromatic N) is 1.